The van der Waals surface area contributed by atoms with E-state index in [1.54, 1.807) is 7.11 Å². The number of nitrogens with two attached hydrogens (primary N) is 1. The Bertz CT molecular complexity index is 1340. The first-order valence-corrected chi connectivity index (χ1v) is 13.3. The molecule has 0 amide bonds. The van der Waals surface area contributed by atoms with Gasteiger partial charge in [0.05, 0.1) is 30.7 Å². The minimum Gasteiger partial charge on any atom is -0.495 e. The second-order valence-corrected chi connectivity index (χ2v) is 8.84. The molecular weight excluding hydrogens is 490 g/mol. The number of nitrogen functional groups attached to an aromatic ring is 1. The van der Waals surface area contributed by atoms with Crippen molar-refractivity contribution in [3.63, 3.8) is 0 Å². The number of nitrogens with zero attached hydrogens (tertiary/aromatic N) is 3. The maximum atomic E-state index is 6.24. The highest BCUT2D eigenvalue weighted by Crippen LogP contribution is 2.39. The molecule has 3 N–H and O–H groups in total. The summed E-state index contributed by atoms with van der Waals surface area (Å²) >= 11 is 0. The number of hydrogen-bond donors (Lipinski definition) is 2. The van der Waals surface area contributed by atoms with Crippen molar-refractivity contribution in [2.45, 2.75) is 20.8 Å². The quantitative estimate of drug-likeness (QED) is 0.210. The van der Waals surface area contributed by atoms with Gasteiger partial charge in [-0.1, -0.05) is 38.1 Å². The van der Waals surface area contributed by atoms with Crippen molar-refractivity contribution >= 4 is 17.5 Å². The third kappa shape index (κ3) is 6.97. The molecule has 8 heteroatoms. The van der Waals surface area contributed by atoms with Crippen molar-refractivity contribution in [3.8, 4) is 39.6 Å². The minimum atomic E-state index is 0.164. The van der Waals surface area contributed by atoms with Gasteiger partial charge in [0, 0.05) is 12.1 Å². The molecule has 204 valence electrons. The van der Waals surface area contributed by atoms with Crippen LogP contribution in [0.2, 0.25) is 0 Å². The lowest BCUT2D eigenvalue weighted by Gasteiger charge is -2.19. The summed E-state index contributed by atoms with van der Waals surface area (Å²) < 4.78 is 17.2. The second-order valence-electron chi connectivity index (χ2n) is 8.84. The smallest absolute Gasteiger partial charge is 0.222 e. The Hall–Kier alpha value is -4.30. The molecule has 0 aliphatic carbocycles. The van der Waals surface area contributed by atoms with Crippen molar-refractivity contribution in [1.82, 2.24) is 14.9 Å². The van der Waals surface area contributed by atoms with E-state index >= 15 is 0 Å². The average molecular weight is 528 g/mol. The van der Waals surface area contributed by atoms with Crippen LogP contribution in [0.4, 0.5) is 17.5 Å². The number of methoxy groups -OCH3 is 1. The number of para-hydroxylation sites is 2. The van der Waals surface area contributed by atoms with Gasteiger partial charge in [-0.3, -0.25) is 0 Å². The zero-order valence-corrected chi connectivity index (χ0v) is 23.1. The van der Waals surface area contributed by atoms with Gasteiger partial charge in [-0.25, -0.2) is 4.98 Å². The van der Waals surface area contributed by atoms with Gasteiger partial charge in [-0.05, 0) is 74.1 Å². The molecule has 0 saturated heterocycles. The summed E-state index contributed by atoms with van der Waals surface area (Å²) in [6.45, 7) is 10.4. The second kappa shape index (κ2) is 13.5. The highest BCUT2D eigenvalue weighted by atomic mass is 16.5. The van der Waals surface area contributed by atoms with Gasteiger partial charge in [0.2, 0.25) is 5.95 Å². The maximum Gasteiger partial charge on any atom is 0.222 e. The Morgan fingerprint density at radius 3 is 2.08 bits per heavy atom. The normalized spacial score (nSPS) is 10.9. The number of aromatic nitrogens is 2. The lowest BCUT2D eigenvalue weighted by atomic mass is 9.99. The van der Waals surface area contributed by atoms with Crippen LogP contribution in [-0.2, 0) is 0 Å². The number of hydrogen-bond acceptors (Lipinski definition) is 8. The highest BCUT2D eigenvalue weighted by Gasteiger charge is 2.19. The van der Waals surface area contributed by atoms with Crippen LogP contribution in [0.1, 0.15) is 20.8 Å². The lowest BCUT2D eigenvalue weighted by molar-refractivity contribution is 0.223. The fourth-order valence-corrected chi connectivity index (χ4v) is 4.35. The molecule has 0 aliphatic rings. The number of benzene rings is 3. The van der Waals surface area contributed by atoms with E-state index in [-0.39, 0.29) is 5.95 Å². The predicted molar refractivity (Wildman–Crippen MR) is 158 cm³/mol. The topological polar surface area (TPSA) is 94.8 Å². The van der Waals surface area contributed by atoms with E-state index in [0.717, 1.165) is 53.5 Å². The molecule has 1 heterocycles. The number of anilines is 3. The van der Waals surface area contributed by atoms with E-state index in [0.29, 0.717) is 30.5 Å². The van der Waals surface area contributed by atoms with E-state index in [2.05, 4.69) is 34.0 Å². The maximum absolute atomic E-state index is 6.24. The molecule has 0 unspecified atom stereocenters. The summed E-state index contributed by atoms with van der Waals surface area (Å²) in [5.41, 5.74) is 10.3. The van der Waals surface area contributed by atoms with Gasteiger partial charge in [0.25, 0.3) is 0 Å². The molecule has 3 aromatic carbocycles. The molecule has 0 saturated carbocycles. The average Bonchev–Trinajstić information content (AvgIpc) is 2.96. The Kier molecular flexibility index (Phi) is 9.58. The van der Waals surface area contributed by atoms with Gasteiger partial charge in [-0.2, -0.15) is 4.98 Å². The van der Waals surface area contributed by atoms with Crippen molar-refractivity contribution < 1.29 is 14.2 Å². The molecular formula is C31H37N5O3. The highest BCUT2D eigenvalue weighted by molar-refractivity contribution is 5.91. The van der Waals surface area contributed by atoms with Crippen molar-refractivity contribution in [2.75, 3.05) is 51.0 Å². The Labute approximate surface area is 230 Å². The zero-order chi connectivity index (χ0) is 27.6. The van der Waals surface area contributed by atoms with Crippen molar-refractivity contribution in [2.24, 2.45) is 0 Å². The molecule has 4 rings (SSSR count). The van der Waals surface area contributed by atoms with Gasteiger partial charge >= 0.3 is 0 Å². The van der Waals surface area contributed by atoms with E-state index in [9.17, 15) is 0 Å². The van der Waals surface area contributed by atoms with E-state index in [1.807, 2.05) is 79.7 Å². The predicted octanol–water partition coefficient (Wildman–Crippen LogP) is 6.26. The molecule has 0 fully saturated rings. The van der Waals surface area contributed by atoms with Crippen LogP contribution in [0.15, 0.2) is 72.8 Å². The van der Waals surface area contributed by atoms with E-state index in [1.165, 1.54) is 0 Å². The SMILES string of the molecule is CCOc1ccc(-c2c(Nc3ccccc3OC)nc(N)nc2-c2ccc(OCCN(CC)CC)cc2)cc1. The molecule has 0 spiro atoms. The van der Waals surface area contributed by atoms with E-state index < -0.39 is 0 Å². The zero-order valence-electron chi connectivity index (χ0n) is 23.1. The number of likely N-dealkylation sites (N-methyl/N-ethyl adjacent to an activating group) is 1. The molecule has 0 bridgehead atoms. The first-order valence-electron chi connectivity index (χ1n) is 13.3. The summed E-state index contributed by atoms with van der Waals surface area (Å²) in [6.07, 6.45) is 0. The van der Waals surface area contributed by atoms with Crippen LogP contribution >= 0.6 is 0 Å². The first-order chi connectivity index (χ1) is 19.1. The fraction of sp³-hybridized carbons (Fsp3) is 0.290. The molecule has 0 atom stereocenters. The summed E-state index contributed by atoms with van der Waals surface area (Å²) in [5, 5.41) is 3.43. The third-order valence-electron chi connectivity index (χ3n) is 6.44. The van der Waals surface area contributed by atoms with Crippen LogP contribution in [0.3, 0.4) is 0 Å². The standard InChI is InChI=1S/C31H37N5O3/c1-5-36(6-2)20-21-39-25-18-14-23(15-19-25)29-28(22-12-16-24(17-13-22)38-7-3)30(35-31(32)34-29)33-26-10-8-9-11-27(26)37-4/h8-19H,5-7,20-21H2,1-4H3,(H3,32,33,34,35). The van der Waals surface area contributed by atoms with E-state index in [4.69, 9.17) is 19.9 Å². The van der Waals surface area contributed by atoms with Gasteiger partial charge < -0.3 is 30.2 Å². The summed E-state index contributed by atoms with van der Waals surface area (Å²) in [6, 6.07) is 23.5. The lowest BCUT2D eigenvalue weighted by Crippen LogP contribution is -2.27. The molecule has 0 aliphatic heterocycles. The van der Waals surface area contributed by atoms with Crippen LogP contribution in [0, 0.1) is 0 Å². The van der Waals surface area contributed by atoms with Gasteiger partial charge in [-0.15, -0.1) is 0 Å². The summed E-state index contributed by atoms with van der Waals surface area (Å²) in [7, 11) is 1.64. The molecule has 8 nitrogen and oxygen atoms in total. The van der Waals surface area contributed by atoms with Crippen molar-refractivity contribution in [3.05, 3.63) is 72.8 Å². The van der Waals surface area contributed by atoms with Crippen LogP contribution in [-0.4, -0.2) is 54.8 Å². The minimum absolute atomic E-state index is 0.164. The monoisotopic (exact) mass is 527 g/mol. The molecule has 4 aromatic rings. The largest absolute Gasteiger partial charge is 0.495 e. The Balaban J connectivity index is 1.73. The number of nitrogens with one attached hydrogen (secondary N) is 1. The first kappa shape index (κ1) is 27.7. The fourth-order valence-electron chi connectivity index (χ4n) is 4.35. The van der Waals surface area contributed by atoms with Gasteiger partial charge in [0.1, 0.15) is 29.7 Å². The molecule has 0 radical (unpaired) electrons. The Morgan fingerprint density at radius 2 is 1.44 bits per heavy atom. The van der Waals surface area contributed by atoms with Crippen molar-refractivity contribution in [1.29, 1.82) is 0 Å². The summed E-state index contributed by atoms with van der Waals surface area (Å²) in [4.78, 5) is 11.6. The van der Waals surface area contributed by atoms with Crippen LogP contribution in [0.5, 0.6) is 17.2 Å². The third-order valence-corrected chi connectivity index (χ3v) is 6.44. The number of ether oxygens (including phenoxy) is 3. The summed E-state index contributed by atoms with van der Waals surface area (Å²) in [5.74, 6) is 3.04. The van der Waals surface area contributed by atoms with Crippen LogP contribution < -0.4 is 25.3 Å². The molecule has 39 heavy (non-hydrogen) atoms. The number of rotatable bonds is 13. The molecule has 1 aromatic heterocycles. The van der Waals surface area contributed by atoms with Crippen LogP contribution in [0.25, 0.3) is 22.4 Å². The van der Waals surface area contributed by atoms with Gasteiger partial charge in [0.15, 0.2) is 0 Å². The Morgan fingerprint density at radius 1 is 0.795 bits per heavy atom.